The van der Waals surface area contributed by atoms with Gasteiger partial charge in [0.1, 0.15) is 23.8 Å². The molecule has 42 heavy (non-hydrogen) atoms. The van der Waals surface area contributed by atoms with Gasteiger partial charge in [-0.25, -0.2) is 9.59 Å². The van der Waals surface area contributed by atoms with Crippen LogP contribution in [0.5, 0.6) is 0 Å². The number of amides is 4. The molecule has 0 bridgehead atoms. The zero-order chi connectivity index (χ0) is 30.0. The molecule has 0 aromatic heterocycles. The lowest BCUT2D eigenvalue weighted by atomic mass is 10.0. The Kier molecular flexibility index (Phi) is 8.80. The van der Waals surface area contributed by atoms with Crippen molar-refractivity contribution in [2.45, 2.75) is 116 Å². The molecule has 3 heterocycles. The highest BCUT2D eigenvalue weighted by molar-refractivity contribution is 5.92. The van der Waals surface area contributed by atoms with Crippen molar-refractivity contribution < 1.29 is 28.7 Å². The van der Waals surface area contributed by atoms with Crippen LogP contribution in [0.2, 0.25) is 0 Å². The molecule has 4 amide bonds. The topological polar surface area (TPSA) is 117 Å². The molecule has 228 valence electrons. The second-order valence-corrected chi connectivity index (χ2v) is 13.1. The Bertz CT molecular complexity index is 1240. The highest BCUT2D eigenvalue weighted by atomic mass is 16.6. The quantitative estimate of drug-likeness (QED) is 0.503. The molecule has 5 rings (SSSR count). The van der Waals surface area contributed by atoms with Crippen LogP contribution < -0.4 is 10.6 Å². The minimum Gasteiger partial charge on any atom is -0.444 e. The first-order valence-electron chi connectivity index (χ1n) is 15.3. The van der Waals surface area contributed by atoms with Gasteiger partial charge in [0, 0.05) is 25.6 Å². The van der Waals surface area contributed by atoms with Crippen molar-refractivity contribution in [2.75, 3.05) is 6.54 Å². The average Bonchev–Trinajstić information content (AvgIpc) is 3.29. The molecule has 1 saturated carbocycles. The monoisotopic (exact) mass is 580 g/mol. The number of hydrogen-bond acceptors (Lipinski definition) is 6. The number of carbonyl (C=O) groups excluding carboxylic acids is 4. The molecule has 1 saturated heterocycles. The summed E-state index contributed by atoms with van der Waals surface area (Å²) in [5.41, 5.74) is 2.65. The molecule has 2 fully saturated rings. The summed E-state index contributed by atoms with van der Waals surface area (Å²) >= 11 is 0. The number of hydrogen-bond donors (Lipinski definition) is 2. The minimum absolute atomic E-state index is 0.0412. The third-order valence-electron chi connectivity index (χ3n) is 8.49. The largest absolute Gasteiger partial charge is 0.444 e. The van der Waals surface area contributed by atoms with Gasteiger partial charge < -0.3 is 25.0 Å². The van der Waals surface area contributed by atoms with Crippen molar-refractivity contribution in [3.8, 4) is 0 Å². The zero-order valence-electron chi connectivity index (χ0n) is 25.2. The number of alkyl carbamates (subject to hydrolysis) is 1. The zero-order valence-corrected chi connectivity index (χ0v) is 25.2. The number of carbonyl (C=O) groups is 4. The van der Waals surface area contributed by atoms with E-state index in [2.05, 4.69) is 22.8 Å². The summed E-state index contributed by atoms with van der Waals surface area (Å²) in [5, 5.41) is 5.87. The smallest absolute Gasteiger partial charge is 0.410 e. The van der Waals surface area contributed by atoms with Gasteiger partial charge in [-0.15, -0.1) is 0 Å². The van der Waals surface area contributed by atoms with Crippen LogP contribution in [0.4, 0.5) is 9.59 Å². The van der Waals surface area contributed by atoms with Crippen molar-refractivity contribution in [1.29, 1.82) is 0 Å². The standard InChI is InChI=1S/C32H44N4O6/c1-20-11-10-13-22-17-35(19-24(20)22)31(40)41-23-16-27-28(37)33-26-15-21(26)12-8-6-5-7-9-14-25(29(38)36(27)18-23)34-30(39)42-32(2,3)4/h8,10-13,21,23,25-27H,5-7,9,14-19H2,1-4H3,(H,33,37)(H,34,39)/b12-8-. The van der Waals surface area contributed by atoms with Crippen LogP contribution in [0.1, 0.15) is 82.4 Å². The first-order chi connectivity index (χ1) is 20.0. The number of aryl methyl sites for hydroxylation is 1. The maximum Gasteiger partial charge on any atom is 0.410 e. The Morgan fingerprint density at radius 2 is 1.88 bits per heavy atom. The fraction of sp³-hybridized carbons (Fsp3) is 0.625. The van der Waals surface area contributed by atoms with Gasteiger partial charge in [0.25, 0.3) is 0 Å². The van der Waals surface area contributed by atoms with E-state index < -0.39 is 36.0 Å². The SMILES string of the molecule is Cc1cccc2c1CN(C(=O)OC1CC3C(=O)NC4CC4/C=C\CCCCCC(NC(=O)OC(C)(C)C)C(=O)N3C1)C2. The Labute approximate surface area is 248 Å². The van der Waals surface area contributed by atoms with E-state index in [0.717, 1.165) is 48.8 Å². The van der Waals surface area contributed by atoms with Crippen LogP contribution >= 0.6 is 0 Å². The van der Waals surface area contributed by atoms with E-state index in [0.29, 0.717) is 25.4 Å². The fourth-order valence-corrected chi connectivity index (χ4v) is 6.15. The van der Waals surface area contributed by atoms with Gasteiger partial charge in [-0.1, -0.05) is 43.2 Å². The Hall–Kier alpha value is -3.56. The molecule has 5 atom stereocenters. The van der Waals surface area contributed by atoms with Crippen molar-refractivity contribution in [3.63, 3.8) is 0 Å². The van der Waals surface area contributed by atoms with Crippen molar-refractivity contribution in [1.82, 2.24) is 20.4 Å². The van der Waals surface area contributed by atoms with Gasteiger partial charge in [0.05, 0.1) is 6.54 Å². The molecule has 2 N–H and O–H groups in total. The number of fused-ring (bicyclic) bond motifs is 3. The molecular weight excluding hydrogens is 536 g/mol. The Morgan fingerprint density at radius 1 is 1.07 bits per heavy atom. The molecule has 1 aromatic rings. The summed E-state index contributed by atoms with van der Waals surface area (Å²) in [6.45, 7) is 8.35. The summed E-state index contributed by atoms with van der Waals surface area (Å²) in [5.74, 6) is -0.304. The van der Waals surface area contributed by atoms with E-state index in [1.807, 2.05) is 25.1 Å². The van der Waals surface area contributed by atoms with Crippen molar-refractivity contribution >= 4 is 24.0 Å². The molecule has 0 radical (unpaired) electrons. The summed E-state index contributed by atoms with van der Waals surface area (Å²) in [6, 6.07) is 4.42. The predicted octanol–water partition coefficient (Wildman–Crippen LogP) is 4.34. The predicted molar refractivity (Wildman–Crippen MR) is 156 cm³/mol. The molecule has 4 aliphatic rings. The number of rotatable bonds is 2. The van der Waals surface area contributed by atoms with E-state index in [9.17, 15) is 19.2 Å². The maximum absolute atomic E-state index is 14.0. The van der Waals surface area contributed by atoms with Crippen LogP contribution in [0.25, 0.3) is 0 Å². The van der Waals surface area contributed by atoms with Crippen LogP contribution in [-0.2, 0) is 32.2 Å². The molecular formula is C32H44N4O6. The van der Waals surface area contributed by atoms with Crippen LogP contribution in [0.15, 0.2) is 30.4 Å². The lowest BCUT2D eigenvalue weighted by Gasteiger charge is -2.29. The first kappa shape index (κ1) is 29.9. The average molecular weight is 581 g/mol. The summed E-state index contributed by atoms with van der Waals surface area (Å²) < 4.78 is 11.4. The van der Waals surface area contributed by atoms with E-state index in [-0.39, 0.29) is 30.8 Å². The number of nitrogens with zero attached hydrogens (tertiary/aromatic N) is 2. The second kappa shape index (κ2) is 12.4. The second-order valence-electron chi connectivity index (χ2n) is 13.1. The van der Waals surface area contributed by atoms with Crippen LogP contribution in [0.3, 0.4) is 0 Å². The van der Waals surface area contributed by atoms with E-state index in [4.69, 9.17) is 9.47 Å². The molecule has 1 aromatic carbocycles. The number of ether oxygens (including phenoxy) is 2. The maximum atomic E-state index is 14.0. The first-order valence-corrected chi connectivity index (χ1v) is 15.3. The number of benzene rings is 1. The number of nitrogens with one attached hydrogen (secondary N) is 2. The van der Waals surface area contributed by atoms with Crippen LogP contribution in [0, 0.1) is 12.8 Å². The lowest BCUT2D eigenvalue weighted by molar-refractivity contribution is -0.140. The van der Waals surface area contributed by atoms with Gasteiger partial charge in [-0.3, -0.25) is 14.5 Å². The highest BCUT2D eigenvalue weighted by Crippen LogP contribution is 2.33. The van der Waals surface area contributed by atoms with Crippen LogP contribution in [-0.4, -0.2) is 70.2 Å². The molecule has 10 nitrogen and oxygen atoms in total. The van der Waals surface area contributed by atoms with Gasteiger partial charge in [-0.05, 0) is 76.0 Å². The normalized spacial score (nSPS) is 28.8. The summed E-state index contributed by atoms with van der Waals surface area (Å²) in [6.07, 6.45) is 7.66. The Morgan fingerprint density at radius 3 is 2.64 bits per heavy atom. The summed E-state index contributed by atoms with van der Waals surface area (Å²) in [7, 11) is 0. The molecule has 1 aliphatic carbocycles. The van der Waals surface area contributed by atoms with Gasteiger partial charge in [0.2, 0.25) is 11.8 Å². The molecule has 0 spiro atoms. The third kappa shape index (κ3) is 7.25. The molecule has 5 unspecified atom stereocenters. The number of allylic oxidation sites excluding steroid dienone is 1. The minimum atomic E-state index is -0.852. The van der Waals surface area contributed by atoms with Crippen molar-refractivity contribution in [3.05, 3.63) is 47.0 Å². The van der Waals surface area contributed by atoms with E-state index in [1.54, 1.807) is 25.7 Å². The van der Waals surface area contributed by atoms with Gasteiger partial charge in [-0.2, -0.15) is 0 Å². The van der Waals surface area contributed by atoms with Crippen molar-refractivity contribution in [2.24, 2.45) is 5.92 Å². The molecule has 10 heteroatoms. The van der Waals surface area contributed by atoms with E-state index >= 15 is 0 Å². The Balaban J connectivity index is 1.31. The fourth-order valence-electron chi connectivity index (χ4n) is 6.15. The van der Waals surface area contributed by atoms with E-state index in [1.165, 1.54) is 4.90 Å². The highest BCUT2D eigenvalue weighted by Gasteiger charge is 2.46. The molecule has 3 aliphatic heterocycles. The van der Waals surface area contributed by atoms with Gasteiger partial charge >= 0.3 is 12.2 Å². The third-order valence-corrected chi connectivity index (χ3v) is 8.49. The summed E-state index contributed by atoms with van der Waals surface area (Å²) in [4.78, 5) is 56.6. The lowest BCUT2D eigenvalue weighted by Crippen LogP contribution is -2.54. The van der Waals surface area contributed by atoms with Gasteiger partial charge in [0.15, 0.2) is 0 Å².